The minimum absolute atomic E-state index is 0.112. The lowest BCUT2D eigenvalue weighted by atomic mass is 10.0. The highest BCUT2D eigenvalue weighted by Gasteiger charge is 2.33. The second-order valence-electron chi connectivity index (χ2n) is 5.33. The largest absolute Gasteiger partial charge is 0.480 e. The van der Waals surface area contributed by atoms with E-state index >= 15 is 0 Å². The first kappa shape index (κ1) is 17.8. The zero-order chi connectivity index (χ0) is 17.0. The molecule has 1 amide bonds. The van der Waals surface area contributed by atoms with E-state index < -0.39 is 17.8 Å². The molecule has 6 nitrogen and oxygen atoms in total. The third kappa shape index (κ3) is 4.73. The molecule has 1 heterocycles. The summed E-state index contributed by atoms with van der Waals surface area (Å²) in [6.45, 7) is 2.70. The summed E-state index contributed by atoms with van der Waals surface area (Å²) in [5.41, 5.74) is 0.112. The molecule has 2 N–H and O–H groups in total. The fourth-order valence-electron chi connectivity index (χ4n) is 2.57. The topological polar surface area (TPSA) is 78.9 Å². The van der Waals surface area contributed by atoms with Crippen molar-refractivity contribution in [2.24, 2.45) is 0 Å². The zero-order valence-corrected chi connectivity index (χ0v) is 14.2. The van der Waals surface area contributed by atoms with E-state index in [1.54, 1.807) is 11.0 Å². The number of amides is 1. The summed E-state index contributed by atoms with van der Waals surface area (Å²) in [6.07, 6.45) is -0.326. The summed E-state index contributed by atoms with van der Waals surface area (Å²) >= 11 is 3.16. The van der Waals surface area contributed by atoms with Crippen LogP contribution in [0, 0.1) is 5.82 Å². The third-order valence-corrected chi connectivity index (χ3v) is 4.10. The number of ether oxygens (including phenoxy) is 1. The van der Waals surface area contributed by atoms with Crippen LogP contribution in [0.2, 0.25) is 0 Å². The highest BCUT2D eigenvalue weighted by molar-refractivity contribution is 9.10. The van der Waals surface area contributed by atoms with Crippen molar-refractivity contribution in [2.75, 3.05) is 26.2 Å². The monoisotopic (exact) mass is 388 g/mol. The van der Waals surface area contributed by atoms with Crippen molar-refractivity contribution in [3.8, 4) is 0 Å². The number of hydrogen-bond donors (Lipinski definition) is 2. The Hall–Kier alpha value is -1.51. The Morgan fingerprint density at radius 2 is 2.30 bits per heavy atom. The molecular formula is C15H18BrFN2O4. The highest BCUT2D eigenvalue weighted by atomic mass is 79.9. The number of rotatable bonds is 5. The molecule has 0 aromatic heterocycles. The Bertz CT molecular complexity index is 599. The van der Waals surface area contributed by atoms with Gasteiger partial charge in [0.15, 0.2) is 0 Å². The third-order valence-electron chi connectivity index (χ3n) is 3.61. The van der Waals surface area contributed by atoms with Crippen molar-refractivity contribution in [3.63, 3.8) is 0 Å². The normalized spacial score (nSPS) is 20.0. The van der Waals surface area contributed by atoms with Crippen LogP contribution in [0.25, 0.3) is 0 Å². The number of halogens is 2. The summed E-state index contributed by atoms with van der Waals surface area (Å²) in [4.78, 5) is 24.3. The van der Waals surface area contributed by atoms with Gasteiger partial charge in [-0.1, -0.05) is 22.0 Å². The lowest BCUT2D eigenvalue weighted by Gasteiger charge is -2.36. The lowest BCUT2D eigenvalue weighted by Crippen LogP contribution is -2.50. The molecule has 0 radical (unpaired) electrons. The van der Waals surface area contributed by atoms with E-state index in [4.69, 9.17) is 4.74 Å². The predicted molar refractivity (Wildman–Crippen MR) is 84.5 cm³/mol. The van der Waals surface area contributed by atoms with Gasteiger partial charge in [0, 0.05) is 36.6 Å². The highest BCUT2D eigenvalue weighted by Crippen LogP contribution is 2.27. The van der Waals surface area contributed by atoms with E-state index in [1.807, 2.05) is 0 Å². The van der Waals surface area contributed by atoms with Gasteiger partial charge in [-0.2, -0.15) is 0 Å². The molecule has 0 aliphatic carbocycles. The Morgan fingerprint density at radius 1 is 1.57 bits per heavy atom. The first-order valence-corrected chi connectivity index (χ1v) is 7.95. The standard InChI is InChI=1S/C15H18BrFN2O4/c1-9(20)18-7-11-8-19(4-5-23-11)14(15(21)22)12-3-2-10(16)6-13(12)17/h2-3,6,11,14H,4-5,7-8H2,1H3,(H,18,20)(H,21,22). The number of carbonyl (C=O) groups is 2. The molecular weight excluding hydrogens is 371 g/mol. The quantitative estimate of drug-likeness (QED) is 0.799. The van der Waals surface area contributed by atoms with Crippen LogP contribution in [-0.2, 0) is 14.3 Å². The van der Waals surface area contributed by atoms with E-state index in [0.29, 0.717) is 30.7 Å². The molecule has 1 aliphatic heterocycles. The minimum atomic E-state index is -1.12. The van der Waals surface area contributed by atoms with Crippen LogP contribution in [0.3, 0.4) is 0 Å². The zero-order valence-electron chi connectivity index (χ0n) is 12.6. The summed E-state index contributed by atoms with van der Waals surface area (Å²) in [6, 6.07) is 3.24. The Balaban J connectivity index is 2.17. The van der Waals surface area contributed by atoms with Crippen molar-refractivity contribution in [3.05, 3.63) is 34.1 Å². The average molecular weight is 389 g/mol. The molecule has 1 aliphatic rings. The smallest absolute Gasteiger partial charge is 0.325 e. The number of carbonyl (C=O) groups excluding carboxylic acids is 1. The van der Waals surface area contributed by atoms with Crippen molar-refractivity contribution >= 4 is 27.8 Å². The molecule has 1 saturated heterocycles. The number of hydrogen-bond acceptors (Lipinski definition) is 4. The minimum Gasteiger partial charge on any atom is -0.480 e. The predicted octanol–water partition coefficient (Wildman–Crippen LogP) is 1.55. The van der Waals surface area contributed by atoms with Gasteiger partial charge in [-0.3, -0.25) is 14.5 Å². The summed E-state index contributed by atoms with van der Waals surface area (Å²) in [5.74, 6) is -1.87. The Morgan fingerprint density at radius 3 is 2.91 bits per heavy atom. The maximum absolute atomic E-state index is 14.2. The summed E-state index contributed by atoms with van der Waals surface area (Å²) in [7, 11) is 0. The number of aliphatic carboxylic acids is 1. The van der Waals surface area contributed by atoms with Gasteiger partial charge in [0.1, 0.15) is 11.9 Å². The first-order chi connectivity index (χ1) is 10.9. The number of carboxylic acids is 1. The van der Waals surface area contributed by atoms with Crippen molar-refractivity contribution in [1.29, 1.82) is 0 Å². The molecule has 2 unspecified atom stereocenters. The van der Waals surface area contributed by atoms with Gasteiger partial charge >= 0.3 is 5.97 Å². The van der Waals surface area contributed by atoms with E-state index in [1.165, 1.54) is 19.1 Å². The van der Waals surface area contributed by atoms with Gasteiger partial charge in [0.2, 0.25) is 5.91 Å². The molecule has 1 aromatic rings. The molecule has 0 bridgehead atoms. The number of benzene rings is 1. The van der Waals surface area contributed by atoms with Gasteiger partial charge in [0.05, 0.1) is 12.7 Å². The summed E-state index contributed by atoms with van der Waals surface area (Å²) < 4.78 is 20.2. The van der Waals surface area contributed by atoms with Gasteiger partial charge in [-0.25, -0.2) is 4.39 Å². The fraction of sp³-hybridized carbons (Fsp3) is 0.467. The fourth-order valence-corrected chi connectivity index (χ4v) is 2.90. The van der Waals surface area contributed by atoms with Crippen LogP contribution >= 0.6 is 15.9 Å². The number of morpholine rings is 1. The summed E-state index contributed by atoms with van der Waals surface area (Å²) in [5, 5.41) is 12.2. The van der Waals surface area contributed by atoms with Crippen molar-refractivity contribution in [1.82, 2.24) is 10.2 Å². The molecule has 1 fully saturated rings. The molecule has 1 aromatic carbocycles. The van der Waals surface area contributed by atoms with Crippen LogP contribution < -0.4 is 5.32 Å². The average Bonchev–Trinajstić information content (AvgIpc) is 2.48. The van der Waals surface area contributed by atoms with Crippen LogP contribution in [0.15, 0.2) is 22.7 Å². The van der Waals surface area contributed by atoms with Gasteiger partial charge in [-0.05, 0) is 12.1 Å². The lowest BCUT2D eigenvalue weighted by molar-refractivity contribution is -0.147. The van der Waals surface area contributed by atoms with Crippen LogP contribution in [0.1, 0.15) is 18.5 Å². The molecule has 0 spiro atoms. The van der Waals surface area contributed by atoms with E-state index in [0.717, 1.165) is 0 Å². The Labute approximate surface area is 141 Å². The van der Waals surface area contributed by atoms with Crippen molar-refractivity contribution < 1.29 is 23.8 Å². The maximum atomic E-state index is 14.2. The molecule has 2 atom stereocenters. The number of carboxylic acid groups (broad SMARTS) is 1. The molecule has 8 heteroatoms. The molecule has 2 rings (SSSR count). The first-order valence-electron chi connectivity index (χ1n) is 7.16. The molecule has 0 saturated carbocycles. The number of nitrogens with zero attached hydrogens (tertiary/aromatic N) is 1. The van der Waals surface area contributed by atoms with Gasteiger partial charge < -0.3 is 15.2 Å². The molecule has 126 valence electrons. The van der Waals surface area contributed by atoms with Crippen molar-refractivity contribution in [2.45, 2.75) is 19.1 Å². The van der Waals surface area contributed by atoms with E-state index in [2.05, 4.69) is 21.2 Å². The van der Waals surface area contributed by atoms with Crippen LogP contribution in [0.5, 0.6) is 0 Å². The maximum Gasteiger partial charge on any atom is 0.325 e. The SMILES string of the molecule is CC(=O)NCC1CN(C(C(=O)O)c2ccc(Br)cc2F)CCO1. The number of nitrogens with one attached hydrogen (secondary N) is 1. The van der Waals surface area contributed by atoms with Gasteiger partial charge in [0.25, 0.3) is 0 Å². The van der Waals surface area contributed by atoms with E-state index in [-0.39, 0.29) is 17.6 Å². The second kappa shape index (κ2) is 7.85. The second-order valence-corrected chi connectivity index (χ2v) is 6.25. The van der Waals surface area contributed by atoms with Gasteiger partial charge in [-0.15, -0.1) is 0 Å². The van der Waals surface area contributed by atoms with E-state index in [9.17, 15) is 19.1 Å². The van der Waals surface area contributed by atoms with Crippen LogP contribution in [0.4, 0.5) is 4.39 Å². The Kier molecular flexibility index (Phi) is 6.09. The molecule has 23 heavy (non-hydrogen) atoms. The van der Waals surface area contributed by atoms with Crippen LogP contribution in [-0.4, -0.2) is 54.2 Å².